The summed E-state index contributed by atoms with van der Waals surface area (Å²) in [5.41, 5.74) is 10.9. The normalized spacial score (nSPS) is 16.5. The number of hydrogen-bond donors (Lipinski definition) is 2. The Hall–Kier alpha value is -6.69. The lowest BCUT2D eigenvalue weighted by atomic mass is 9.90. The second-order valence-electron chi connectivity index (χ2n) is 15.9. The number of amides is 4. The third kappa shape index (κ3) is 6.99. The summed E-state index contributed by atoms with van der Waals surface area (Å²) in [6, 6.07) is 12.4. The Balaban J connectivity index is 1.10. The molecule has 0 aliphatic carbocycles. The number of aromatic nitrogens is 3. The molecule has 1 atom stereocenters. The molecule has 3 aliphatic rings. The zero-order chi connectivity index (χ0) is 42.8. The summed E-state index contributed by atoms with van der Waals surface area (Å²) >= 11 is 0. The molecule has 12 nitrogen and oxygen atoms in total. The van der Waals surface area contributed by atoms with Crippen LogP contribution in [0.5, 0.6) is 0 Å². The molecule has 1 unspecified atom stereocenters. The molecular weight excluding hydrogens is 776 g/mol. The SMILES string of the molecule is CC(C)c1cc(N2CCCc3cc(-c4cnc(C(N)=O)c(CCC#Cc5cccc6c5CN(C5CCC(=O)NC5=O)C6=O)c4)c(C(F)(F)F)cc32)cc2c1n(C)c(=O)n2C. The molecule has 8 rings (SSSR count). The number of rotatable bonds is 7. The highest BCUT2D eigenvalue weighted by Gasteiger charge is 2.40. The number of hydrogen-bond acceptors (Lipinski definition) is 7. The molecule has 4 amide bonds. The van der Waals surface area contributed by atoms with Crippen molar-refractivity contribution < 1.29 is 32.3 Å². The summed E-state index contributed by atoms with van der Waals surface area (Å²) in [6.45, 7) is 4.66. The van der Waals surface area contributed by atoms with Crippen LogP contribution in [0.25, 0.3) is 22.2 Å². The van der Waals surface area contributed by atoms with Gasteiger partial charge < -0.3 is 15.5 Å². The number of carbonyl (C=O) groups excluding carboxylic acids is 4. The zero-order valence-electron chi connectivity index (χ0n) is 33.5. The number of nitrogens with zero attached hydrogens (tertiary/aromatic N) is 5. The number of nitrogens with one attached hydrogen (secondary N) is 1. The summed E-state index contributed by atoms with van der Waals surface area (Å²) in [4.78, 5) is 70.5. The number of alkyl halides is 3. The van der Waals surface area contributed by atoms with Crippen LogP contribution < -0.4 is 21.6 Å². The number of imide groups is 1. The maximum absolute atomic E-state index is 15.1. The molecule has 0 spiro atoms. The molecule has 0 bridgehead atoms. The van der Waals surface area contributed by atoms with Crippen LogP contribution in [0.4, 0.5) is 24.5 Å². The van der Waals surface area contributed by atoms with Crippen LogP contribution in [0, 0.1) is 11.8 Å². The average molecular weight is 818 g/mol. The molecule has 0 saturated carbocycles. The predicted molar refractivity (Wildman–Crippen MR) is 218 cm³/mol. The van der Waals surface area contributed by atoms with Gasteiger partial charge in [-0.25, -0.2) is 4.79 Å². The van der Waals surface area contributed by atoms with Crippen LogP contribution in [0.1, 0.15) is 99.7 Å². The molecule has 308 valence electrons. The van der Waals surface area contributed by atoms with Crippen molar-refractivity contribution in [2.24, 2.45) is 19.8 Å². The van der Waals surface area contributed by atoms with Crippen molar-refractivity contribution in [3.63, 3.8) is 0 Å². The molecule has 5 aromatic rings. The van der Waals surface area contributed by atoms with E-state index in [0.717, 1.165) is 11.1 Å². The smallest absolute Gasteiger partial charge is 0.364 e. The van der Waals surface area contributed by atoms with E-state index < -0.39 is 29.6 Å². The third-order valence-electron chi connectivity index (χ3n) is 11.8. The third-order valence-corrected chi connectivity index (χ3v) is 11.8. The van der Waals surface area contributed by atoms with Crippen LogP contribution in [-0.4, -0.2) is 55.2 Å². The number of halogens is 3. The van der Waals surface area contributed by atoms with Gasteiger partial charge in [-0.2, -0.15) is 13.2 Å². The van der Waals surface area contributed by atoms with Crippen LogP contribution >= 0.6 is 0 Å². The first-order valence-electron chi connectivity index (χ1n) is 19.8. The molecular formula is C45H42F3N7O5. The Morgan fingerprint density at radius 1 is 1.02 bits per heavy atom. The second kappa shape index (κ2) is 15.2. The molecule has 5 heterocycles. The summed E-state index contributed by atoms with van der Waals surface area (Å²) in [7, 11) is 3.40. The molecule has 1 fully saturated rings. The summed E-state index contributed by atoms with van der Waals surface area (Å²) in [6.07, 6.45) is -1.61. The molecule has 3 aliphatic heterocycles. The topological polar surface area (TPSA) is 153 Å². The fourth-order valence-corrected chi connectivity index (χ4v) is 8.77. The predicted octanol–water partition coefficient (Wildman–Crippen LogP) is 6.01. The number of pyridine rings is 1. The number of anilines is 2. The van der Waals surface area contributed by atoms with Crippen molar-refractivity contribution in [2.75, 3.05) is 11.4 Å². The van der Waals surface area contributed by atoms with Crippen molar-refractivity contribution in [3.8, 4) is 23.0 Å². The number of benzene rings is 3. The fourth-order valence-electron chi connectivity index (χ4n) is 8.77. The van der Waals surface area contributed by atoms with Crippen LogP contribution in [-0.2, 0) is 49.2 Å². The minimum atomic E-state index is -4.75. The highest BCUT2D eigenvalue weighted by molar-refractivity contribution is 6.05. The van der Waals surface area contributed by atoms with E-state index in [9.17, 15) is 24.0 Å². The van der Waals surface area contributed by atoms with Gasteiger partial charge in [0.1, 0.15) is 11.7 Å². The van der Waals surface area contributed by atoms with Gasteiger partial charge in [0, 0.05) is 74.3 Å². The van der Waals surface area contributed by atoms with Gasteiger partial charge in [0.15, 0.2) is 0 Å². The lowest BCUT2D eigenvalue weighted by Crippen LogP contribution is -2.52. The van der Waals surface area contributed by atoms with Gasteiger partial charge in [-0.1, -0.05) is 31.8 Å². The molecule has 15 heteroatoms. The Kier molecular flexibility index (Phi) is 10.1. The number of primary amides is 1. The number of carbonyl (C=O) groups is 4. The summed E-state index contributed by atoms with van der Waals surface area (Å²) in [5.74, 6) is 4.14. The van der Waals surface area contributed by atoms with Gasteiger partial charge in [-0.05, 0) is 102 Å². The van der Waals surface area contributed by atoms with E-state index >= 15 is 13.2 Å². The van der Waals surface area contributed by atoms with Gasteiger partial charge in [0.2, 0.25) is 11.8 Å². The lowest BCUT2D eigenvalue weighted by molar-refractivity contribution is -0.138. The maximum Gasteiger partial charge on any atom is 0.417 e. The standard InChI is InChI=1S/C45H42F3N7O5/c1-24(2)31-19-29(20-37-40(31)53(4)44(60)52(37)3)54-16-8-12-26-18-32(34(21-36(26)54)45(46,47)48)28-17-27(39(41(49)57)50-22-28)10-6-5-9-25-11-7-13-30-33(25)23-55(43(30)59)35-14-15-38(56)51-42(35)58/h7,11,13,17-22,24,35H,6,8,10,12,14-16,23H2,1-4H3,(H2,49,57)(H,51,56,58). The van der Waals surface area contributed by atoms with Gasteiger partial charge in [0.05, 0.1) is 16.6 Å². The van der Waals surface area contributed by atoms with E-state index in [2.05, 4.69) is 22.1 Å². The van der Waals surface area contributed by atoms with Crippen molar-refractivity contribution in [2.45, 2.75) is 77.1 Å². The monoisotopic (exact) mass is 817 g/mol. The van der Waals surface area contributed by atoms with Crippen molar-refractivity contribution in [3.05, 3.63) is 110 Å². The summed E-state index contributed by atoms with van der Waals surface area (Å²) < 4.78 is 48.4. The molecule has 3 N–H and O–H groups in total. The second-order valence-corrected chi connectivity index (χ2v) is 15.9. The quantitative estimate of drug-likeness (QED) is 0.151. The first-order valence-corrected chi connectivity index (χ1v) is 19.8. The van der Waals surface area contributed by atoms with E-state index in [4.69, 9.17) is 5.73 Å². The zero-order valence-corrected chi connectivity index (χ0v) is 33.5. The maximum atomic E-state index is 15.1. The van der Waals surface area contributed by atoms with E-state index in [1.807, 2.05) is 30.9 Å². The molecule has 60 heavy (non-hydrogen) atoms. The largest absolute Gasteiger partial charge is 0.417 e. The molecule has 1 saturated heterocycles. The Morgan fingerprint density at radius 3 is 2.52 bits per heavy atom. The number of piperidine rings is 1. The highest BCUT2D eigenvalue weighted by atomic mass is 19.4. The van der Waals surface area contributed by atoms with Crippen LogP contribution in [0.3, 0.4) is 0 Å². The lowest BCUT2D eigenvalue weighted by Gasteiger charge is -2.33. The molecule has 3 aromatic carbocycles. The minimum Gasteiger partial charge on any atom is -0.364 e. The van der Waals surface area contributed by atoms with Gasteiger partial charge in [-0.15, -0.1) is 0 Å². The minimum absolute atomic E-state index is 0.0384. The van der Waals surface area contributed by atoms with Crippen LogP contribution in [0.15, 0.2) is 59.5 Å². The Morgan fingerprint density at radius 2 is 1.80 bits per heavy atom. The fraction of sp³-hybridized carbons (Fsp3) is 0.333. The Bertz CT molecular complexity index is 2790. The van der Waals surface area contributed by atoms with Crippen molar-refractivity contribution in [1.82, 2.24) is 24.3 Å². The van der Waals surface area contributed by atoms with E-state index in [0.29, 0.717) is 64.1 Å². The molecule has 2 aromatic heterocycles. The van der Waals surface area contributed by atoms with Gasteiger partial charge in [-0.3, -0.25) is 38.6 Å². The summed E-state index contributed by atoms with van der Waals surface area (Å²) in [5, 5.41) is 2.29. The van der Waals surface area contributed by atoms with E-state index in [1.54, 1.807) is 47.5 Å². The first kappa shape index (κ1) is 40.1. The van der Waals surface area contributed by atoms with Gasteiger partial charge >= 0.3 is 11.9 Å². The van der Waals surface area contributed by atoms with Crippen LogP contribution in [0.2, 0.25) is 0 Å². The van der Waals surface area contributed by atoms with E-state index in [1.165, 1.54) is 23.2 Å². The number of imidazole rings is 1. The average Bonchev–Trinajstić information content (AvgIpc) is 3.66. The van der Waals surface area contributed by atoms with E-state index in [-0.39, 0.29) is 72.5 Å². The number of aryl methyl sites for hydroxylation is 4. The first-order chi connectivity index (χ1) is 28.5. The number of nitrogens with two attached hydrogens (primary N) is 1. The number of fused-ring (bicyclic) bond motifs is 3. The van der Waals surface area contributed by atoms with Gasteiger partial charge in [0.25, 0.3) is 11.8 Å². The Labute approximate surface area is 343 Å². The van der Waals surface area contributed by atoms with Crippen molar-refractivity contribution >= 4 is 46.0 Å². The highest BCUT2D eigenvalue weighted by Crippen LogP contribution is 2.45. The van der Waals surface area contributed by atoms with Crippen molar-refractivity contribution in [1.29, 1.82) is 0 Å². The molecule has 0 radical (unpaired) electrons.